The van der Waals surface area contributed by atoms with Crippen molar-refractivity contribution in [1.29, 1.82) is 0 Å². The molecule has 0 unspecified atom stereocenters. The molecule has 0 fully saturated rings. The monoisotopic (exact) mass is 345 g/mol. The van der Waals surface area contributed by atoms with Gasteiger partial charge in [-0.05, 0) is 50.1 Å². The number of hydrogen-bond acceptors (Lipinski definition) is 4. The van der Waals surface area contributed by atoms with Crippen LogP contribution in [-0.2, 0) is 14.3 Å². The Balaban J connectivity index is 1.86. The van der Waals surface area contributed by atoms with E-state index in [0.717, 1.165) is 11.1 Å². The summed E-state index contributed by atoms with van der Waals surface area (Å²) in [6, 6.07) is 11.3. The first-order chi connectivity index (χ1) is 11.9. The molecule has 132 valence electrons. The molecule has 2 aromatic rings. The van der Waals surface area contributed by atoms with E-state index in [1.807, 2.05) is 26.0 Å². The average molecular weight is 345 g/mol. The molecule has 0 spiro atoms. The number of esters is 1. The lowest BCUT2D eigenvalue weighted by molar-refractivity contribution is -0.155. The smallest absolute Gasteiger partial charge is 0.344 e. The second kappa shape index (κ2) is 8.28. The number of amides is 1. The molecule has 0 saturated heterocycles. The van der Waals surface area contributed by atoms with Crippen LogP contribution in [0.1, 0.15) is 18.1 Å². The summed E-state index contributed by atoms with van der Waals surface area (Å²) in [5.41, 5.74) is 2.01. The lowest BCUT2D eigenvalue weighted by atomic mass is 10.1. The van der Waals surface area contributed by atoms with Gasteiger partial charge >= 0.3 is 5.97 Å². The Morgan fingerprint density at radius 3 is 2.56 bits per heavy atom. The fraction of sp³-hybridized carbons (Fsp3) is 0.263. The molecule has 0 aliphatic carbocycles. The number of nitrogens with one attached hydrogen (secondary N) is 1. The van der Waals surface area contributed by atoms with Gasteiger partial charge in [-0.3, -0.25) is 4.79 Å². The first-order valence-electron chi connectivity index (χ1n) is 7.82. The summed E-state index contributed by atoms with van der Waals surface area (Å²) in [4.78, 5) is 23.8. The third-order valence-electron chi connectivity index (χ3n) is 3.71. The second-order valence-corrected chi connectivity index (χ2v) is 5.59. The molecule has 0 aliphatic rings. The molecular weight excluding hydrogens is 325 g/mol. The van der Waals surface area contributed by atoms with Gasteiger partial charge in [0.2, 0.25) is 0 Å². The van der Waals surface area contributed by atoms with Crippen LogP contribution in [0.4, 0.5) is 10.1 Å². The number of anilines is 1. The van der Waals surface area contributed by atoms with Crippen LogP contribution in [0.15, 0.2) is 42.5 Å². The van der Waals surface area contributed by atoms with Crippen molar-refractivity contribution in [2.24, 2.45) is 0 Å². The van der Waals surface area contributed by atoms with Crippen molar-refractivity contribution in [1.82, 2.24) is 0 Å². The fourth-order valence-corrected chi connectivity index (χ4v) is 2.10. The van der Waals surface area contributed by atoms with Gasteiger partial charge in [0.1, 0.15) is 11.6 Å². The summed E-state index contributed by atoms with van der Waals surface area (Å²) < 4.78 is 24.0. The molecule has 1 amide bonds. The summed E-state index contributed by atoms with van der Waals surface area (Å²) in [6.45, 7) is 4.92. The van der Waals surface area contributed by atoms with Crippen LogP contribution in [0.3, 0.4) is 0 Å². The van der Waals surface area contributed by atoms with Gasteiger partial charge in [0.15, 0.2) is 12.7 Å². The highest BCUT2D eigenvalue weighted by molar-refractivity contribution is 5.95. The standard InChI is InChI=1S/C19H20FNO4/c1-12-7-6-10-17(13(12)2)24-11-18(22)25-14(3)19(23)21-16-9-5-4-8-15(16)20/h4-10,14H,11H2,1-3H3,(H,21,23)/t14-/m0/s1. The first kappa shape index (κ1) is 18.4. The highest BCUT2D eigenvalue weighted by Crippen LogP contribution is 2.20. The predicted molar refractivity (Wildman–Crippen MR) is 92.0 cm³/mol. The molecule has 0 saturated carbocycles. The zero-order valence-electron chi connectivity index (χ0n) is 14.3. The number of carbonyl (C=O) groups is 2. The molecule has 6 heteroatoms. The highest BCUT2D eigenvalue weighted by atomic mass is 19.1. The van der Waals surface area contributed by atoms with Crippen LogP contribution in [-0.4, -0.2) is 24.6 Å². The number of rotatable bonds is 6. The second-order valence-electron chi connectivity index (χ2n) is 5.59. The molecule has 0 bridgehead atoms. The Bertz CT molecular complexity index is 776. The fourth-order valence-electron chi connectivity index (χ4n) is 2.10. The van der Waals surface area contributed by atoms with E-state index < -0.39 is 23.8 Å². The molecular formula is C19H20FNO4. The topological polar surface area (TPSA) is 64.6 Å². The van der Waals surface area contributed by atoms with Gasteiger partial charge in [0, 0.05) is 0 Å². The summed E-state index contributed by atoms with van der Waals surface area (Å²) >= 11 is 0. The van der Waals surface area contributed by atoms with Crippen LogP contribution in [0, 0.1) is 19.7 Å². The van der Waals surface area contributed by atoms with Gasteiger partial charge in [-0.15, -0.1) is 0 Å². The normalized spacial score (nSPS) is 11.5. The molecule has 5 nitrogen and oxygen atoms in total. The molecule has 0 aliphatic heterocycles. The van der Waals surface area contributed by atoms with Gasteiger partial charge in [0.05, 0.1) is 5.69 Å². The SMILES string of the molecule is Cc1cccc(OCC(=O)O[C@@H](C)C(=O)Nc2ccccc2F)c1C. The highest BCUT2D eigenvalue weighted by Gasteiger charge is 2.19. The maximum Gasteiger partial charge on any atom is 0.344 e. The van der Waals surface area contributed by atoms with Gasteiger partial charge in [-0.1, -0.05) is 24.3 Å². The van der Waals surface area contributed by atoms with Crippen molar-refractivity contribution >= 4 is 17.6 Å². The number of carbonyl (C=O) groups excluding carboxylic acids is 2. The quantitative estimate of drug-likeness (QED) is 0.815. The van der Waals surface area contributed by atoms with Crippen LogP contribution in [0.25, 0.3) is 0 Å². The van der Waals surface area contributed by atoms with Crippen molar-refractivity contribution in [3.63, 3.8) is 0 Å². The van der Waals surface area contributed by atoms with Crippen molar-refractivity contribution in [2.75, 3.05) is 11.9 Å². The predicted octanol–water partition coefficient (Wildman–Crippen LogP) is 3.39. The van der Waals surface area contributed by atoms with Crippen molar-refractivity contribution < 1.29 is 23.5 Å². The summed E-state index contributed by atoms with van der Waals surface area (Å²) in [5.74, 6) is -1.28. The number of ether oxygens (including phenoxy) is 2. The Labute approximate surface area is 145 Å². The van der Waals surface area contributed by atoms with Crippen LogP contribution in [0.2, 0.25) is 0 Å². The number of halogens is 1. The number of aryl methyl sites for hydroxylation is 1. The van der Waals surface area contributed by atoms with E-state index >= 15 is 0 Å². The molecule has 1 atom stereocenters. The van der Waals surface area contributed by atoms with Crippen molar-refractivity contribution in [2.45, 2.75) is 26.9 Å². The van der Waals surface area contributed by atoms with Crippen molar-refractivity contribution in [3.8, 4) is 5.75 Å². The number of benzene rings is 2. The zero-order chi connectivity index (χ0) is 18.4. The summed E-state index contributed by atoms with van der Waals surface area (Å²) in [7, 11) is 0. The minimum atomic E-state index is -1.07. The van der Waals surface area contributed by atoms with E-state index in [1.54, 1.807) is 12.1 Å². The van der Waals surface area contributed by atoms with E-state index in [4.69, 9.17) is 9.47 Å². The summed E-state index contributed by atoms with van der Waals surface area (Å²) in [6.07, 6.45) is -1.07. The van der Waals surface area contributed by atoms with Gasteiger partial charge < -0.3 is 14.8 Å². The summed E-state index contributed by atoms with van der Waals surface area (Å²) in [5, 5.41) is 2.37. The molecule has 1 N–H and O–H groups in total. The van der Waals surface area contributed by atoms with E-state index in [9.17, 15) is 14.0 Å². The first-order valence-corrected chi connectivity index (χ1v) is 7.82. The molecule has 25 heavy (non-hydrogen) atoms. The van der Waals surface area contributed by atoms with Crippen LogP contribution < -0.4 is 10.1 Å². The third-order valence-corrected chi connectivity index (χ3v) is 3.71. The number of para-hydroxylation sites is 1. The largest absolute Gasteiger partial charge is 0.482 e. The van der Waals surface area contributed by atoms with Gasteiger partial charge in [0.25, 0.3) is 5.91 Å². The Kier molecular flexibility index (Phi) is 6.11. The molecule has 2 aromatic carbocycles. The minimum Gasteiger partial charge on any atom is -0.482 e. The Morgan fingerprint density at radius 1 is 1.12 bits per heavy atom. The average Bonchev–Trinajstić information content (AvgIpc) is 2.58. The van der Waals surface area contributed by atoms with Crippen molar-refractivity contribution in [3.05, 3.63) is 59.4 Å². The molecule has 0 radical (unpaired) electrons. The van der Waals surface area contributed by atoms with E-state index in [0.29, 0.717) is 5.75 Å². The number of hydrogen-bond donors (Lipinski definition) is 1. The molecule has 2 rings (SSSR count). The van der Waals surface area contributed by atoms with E-state index in [2.05, 4.69) is 5.32 Å². The third kappa shape index (κ3) is 5.04. The van der Waals surface area contributed by atoms with E-state index in [-0.39, 0.29) is 12.3 Å². The Morgan fingerprint density at radius 2 is 1.84 bits per heavy atom. The zero-order valence-corrected chi connectivity index (χ0v) is 14.3. The lowest BCUT2D eigenvalue weighted by Crippen LogP contribution is -2.32. The molecule has 0 aromatic heterocycles. The minimum absolute atomic E-state index is 0.0297. The molecule has 0 heterocycles. The van der Waals surface area contributed by atoms with Gasteiger partial charge in [-0.2, -0.15) is 0 Å². The lowest BCUT2D eigenvalue weighted by Gasteiger charge is -2.15. The maximum atomic E-state index is 13.5. The maximum absolute atomic E-state index is 13.5. The van der Waals surface area contributed by atoms with Crippen LogP contribution in [0.5, 0.6) is 5.75 Å². The van der Waals surface area contributed by atoms with Crippen LogP contribution >= 0.6 is 0 Å². The van der Waals surface area contributed by atoms with E-state index in [1.165, 1.54) is 25.1 Å². The van der Waals surface area contributed by atoms with Gasteiger partial charge in [-0.25, -0.2) is 9.18 Å². The Hall–Kier alpha value is -2.89.